The van der Waals surface area contributed by atoms with E-state index >= 15 is 0 Å². The van der Waals surface area contributed by atoms with Crippen LogP contribution in [0.3, 0.4) is 0 Å². The summed E-state index contributed by atoms with van der Waals surface area (Å²) in [6.45, 7) is 16.9. The molecule has 0 aromatic carbocycles. The van der Waals surface area contributed by atoms with Crippen LogP contribution in [0.2, 0.25) is 0 Å². The largest absolute Gasteiger partial charge is 0.395 e. The maximum Gasteiger partial charge on any atom is 0.0558 e. The molecular formula is C19H39N3O2. The maximum atomic E-state index is 9.04. The molecule has 1 N–H and O–H groups in total. The van der Waals surface area contributed by atoms with Gasteiger partial charge in [0.15, 0.2) is 0 Å². The van der Waals surface area contributed by atoms with E-state index in [2.05, 4.69) is 35.5 Å². The lowest BCUT2D eigenvalue weighted by atomic mass is 9.98. The molecule has 0 saturated carbocycles. The van der Waals surface area contributed by atoms with Crippen molar-refractivity contribution >= 4 is 0 Å². The molecule has 0 spiro atoms. The van der Waals surface area contributed by atoms with Gasteiger partial charge in [-0.3, -0.25) is 9.80 Å². The number of aliphatic hydroxyl groups excluding tert-OH is 1. The topological polar surface area (TPSA) is 39.2 Å². The van der Waals surface area contributed by atoms with Crippen LogP contribution in [-0.4, -0.2) is 97.5 Å². The quantitative estimate of drug-likeness (QED) is 0.610. The lowest BCUT2D eigenvalue weighted by Gasteiger charge is -2.38. The molecular weight excluding hydrogens is 302 g/mol. The van der Waals surface area contributed by atoms with Gasteiger partial charge in [-0.1, -0.05) is 0 Å². The zero-order valence-electron chi connectivity index (χ0n) is 16.1. The monoisotopic (exact) mass is 341 g/mol. The van der Waals surface area contributed by atoms with Crippen LogP contribution in [0.5, 0.6) is 0 Å². The fourth-order valence-electron chi connectivity index (χ4n) is 4.12. The molecule has 5 heteroatoms. The molecule has 24 heavy (non-hydrogen) atoms. The molecule has 2 aliphatic heterocycles. The minimum Gasteiger partial charge on any atom is -0.395 e. The highest BCUT2D eigenvalue weighted by Crippen LogP contribution is 2.23. The molecule has 2 fully saturated rings. The Hall–Kier alpha value is -0.200. The number of rotatable bonds is 10. The van der Waals surface area contributed by atoms with Gasteiger partial charge in [0.2, 0.25) is 0 Å². The molecule has 2 unspecified atom stereocenters. The lowest BCUT2D eigenvalue weighted by molar-refractivity contribution is 0.0709. The van der Waals surface area contributed by atoms with E-state index in [0.717, 1.165) is 51.7 Å². The molecule has 2 aliphatic rings. The molecule has 0 aromatic rings. The Morgan fingerprint density at radius 1 is 1.00 bits per heavy atom. The van der Waals surface area contributed by atoms with E-state index in [1.54, 1.807) is 0 Å². The number of hydrogen-bond acceptors (Lipinski definition) is 5. The third kappa shape index (κ3) is 6.96. The van der Waals surface area contributed by atoms with Crippen LogP contribution < -0.4 is 0 Å². The summed E-state index contributed by atoms with van der Waals surface area (Å²) < 4.78 is 5.65. The standard InChI is InChI=1S/C19H39N3O2/c1-17(2)24-14-4-6-21-7-5-19(16-21)15-18(3)22-10-8-20(9-11-22)12-13-23/h17-19,23H,4-16H2,1-3H3. The predicted molar refractivity (Wildman–Crippen MR) is 99.4 cm³/mol. The second-order valence-electron chi connectivity index (χ2n) is 7.91. The Morgan fingerprint density at radius 2 is 1.75 bits per heavy atom. The summed E-state index contributed by atoms with van der Waals surface area (Å²) in [5.74, 6) is 0.862. The van der Waals surface area contributed by atoms with Crippen molar-refractivity contribution in [3.63, 3.8) is 0 Å². The SMILES string of the molecule is CC(C)OCCCN1CCC(CC(C)N2CCN(CCO)CC2)C1. The van der Waals surface area contributed by atoms with Gasteiger partial charge in [-0.25, -0.2) is 0 Å². The predicted octanol–water partition coefficient (Wildman–Crippen LogP) is 1.51. The van der Waals surface area contributed by atoms with E-state index in [1.165, 1.54) is 32.5 Å². The number of hydrogen-bond donors (Lipinski definition) is 1. The molecule has 0 aliphatic carbocycles. The second-order valence-corrected chi connectivity index (χ2v) is 7.91. The highest BCUT2D eigenvalue weighted by atomic mass is 16.5. The summed E-state index contributed by atoms with van der Waals surface area (Å²) in [4.78, 5) is 7.65. The van der Waals surface area contributed by atoms with Gasteiger partial charge in [0.05, 0.1) is 12.7 Å². The summed E-state index contributed by atoms with van der Waals surface area (Å²) >= 11 is 0. The number of aliphatic hydroxyl groups is 1. The summed E-state index contributed by atoms with van der Waals surface area (Å²) in [7, 11) is 0. The first-order valence-electron chi connectivity index (χ1n) is 9.99. The molecule has 2 saturated heterocycles. The van der Waals surface area contributed by atoms with Crippen LogP contribution in [0.25, 0.3) is 0 Å². The van der Waals surface area contributed by atoms with Gasteiger partial charge in [0.1, 0.15) is 0 Å². The zero-order valence-corrected chi connectivity index (χ0v) is 16.1. The summed E-state index contributed by atoms with van der Waals surface area (Å²) in [6.07, 6.45) is 4.21. The van der Waals surface area contributed by atoms with Crippen LogP contribution in [-0.2, 0) is 4.74 Å². The molecule has 142 valence electrons. The number of β-amino-alcohol motifs (C(OH)–C–C–N with tert-alkyl or cyclic N) is 1. The normalized spacial score (nSPS) is 25.6. The van der Waals surface area contributed by atoms with E-state index in [9.17, 15) is 0 Å². The van der Waals surface area contributed by atoms with Crippen LogP contribution >= 0.6 is 0 Å². The first-order chi connectivity index (χ1) is 11.6. The molecule has 0 radical (unpaired) electrons. The first-order valence-corrected chi connectivity index (χ1v) is 9.99. The Bertz CT molecular complexity index is 333. The van der Waals surface area contributed by atoms with Crippen molar-refractivity contribution in [3.05, 3.63) is 0 Å². The molecule has 2 heterocycles. The Balaban J connectivity index is 1.59. The second kappa shape index (κ2) is 10.7. The molecule has 2 rings (SSSR count). The Labute approximate surface area is 148 Å². The van der Waals surface area contributed by atoms with Gasteiger partial charge in [-0.15, -0.1) is 0 Å². The van der Waals surface area contributed by atoms with Gasteiger partial charge in [0, 0.05) is 58.5 Å². The lowest BCUT2D eigenvalue weighted by Crippen LogP contribution is -2.50. The first kappa shape index (κ1) is 20.1. The van der Waals surface area contributed by atoms with Crippen LogP contribution in [0.4, 0.5) is 0 Å². The maximum absolute atomic E-state index is 9.04. The van der Waals surface area contributed by atoms with Crippen molar-refractivity contribution in [3.8, 4) is 0 Å². The smallest absolute Gasteiger partial charge is 0.0558 e. The van der Waals surface area contributed by atoms with Crippen molar-refractivity contribution in [2.75, 3.05) is 65.6 Å². The van der Waals surface area contributed by atoms with Crippen LogP contribution in [0.1, 0.15) is 40.0 Å². The highest BCUT2D eigenvalue weighted by Gasteiger charge is 2.27. The summed E-state index contributed by atoms with van der Waals surface area (Å²) in [5.41, 5.74) is 0. The fraction of sp³-hybridized carbons (Fsp3) is 1.00. The fourth-order valence-corrected chi connectivity index (χ4v) is 4.12. The third-order valence-corrected chi connectivity index (χ3v) is 5.56. The summed E-state index contributed by atoms with van der Waals surface area (Å²) in [5, 5.41) is 9.04. The number of likely N-dealkylation sites (tertiary alicyclic amines) is 1. The number of nitrogens with zero attached hydrogens (tertiary/aromatic N) is 3. The van der Waals surface area contributed by atoms with Gasteiger partial charge >= 0.3 is 0 Å². The average molecular weight is 342 g/mol. The van der Waals surface area contributed by atoms with Crippen molar-refractivity contribution < 1.29 is 9.84 Å². The van der Waals surface area contributed by atoms with E-state index in [1.807, 2.05) is 0 Å². The molecule has 0 aromatic heterocycles. The molecule has 0 amide bonds. The van der Waals surface area contributed by atoms with Crippen molar-refractivity contribution in [1.82, 2.24) is 14.7 Å². The van der Waals surface area contributed by atoms with Gasteiger partial charge in [-0.05, 0) is 52.5 Å². The van der Waals surface area contributed by atoms with E-state index in [0.29, 0.717) is 12.1 Å². The minimum atomic E-state index is 0.287. The van der Waals surface area contributed by atoms with Crippen LogP contribution in [0.15, 0.2) is 0 Å². The Kier molecular flexibility index (Phi) is 8.98. The van der Waals surface area contributed by atoms with Crippen molar-refractivity contribution in [2.45, 2.75) is 52.2 Å². The summed E-state index contributed by atoms with van der Waals surface area (Å²) in [6, 6.07) is 0.690. The van der Waals surface area contributed by atoms with Crippen molar-refractivity contribution in [1.29, 1.82) is 0 Å². The third-order valence-electron chi connectivity index (χ3n) is 5.56. The molecule has 5 nitrogen and oxygen atoms in total. The Morgan fingerprint density at radius 3 is 2.42 bits per heavy atom. The van der Waals surface area contributed by atoms with E-state index in [-0.39, 0.29) is 6.61 Å². The van der Waals surface area contributed by atoms with Gasteiger partial charge in [0.25, 0.3) is 0 Å². The zero-order chi connectivity index (χ0) is 17.4. The number of ether oxygens (including phenoxy) is 1. The van der Waals surface area contributed by atoms with Crippen molar-refractivity contribution in [2.24, 2.45) is 5.92 Å². The molecule has 0 bridgehead atoms. The van der Waals surface area contributed by atoms with Crippen LogP contribution in [0, 0.1) is 5.92 Å². The highest BCUT2D eigenvalue weighted by molar-refractivity contribution is 4.82. The average Bonchev–Trinajstić information content (AvgIpc) is 3.00. The minimum absolute atomic E-state index is 0.287. The number of piperazine rings is 1. The van der Waals surface area contributed by atoms with Gasteiger partial charge in [-0.2, -0.15) is 0 Å². The van der Waals surface area contributed by atoms with Gasteiger partial charge < -0.3 is 14.7 Å². The van der Waals surface area contributed by atoms with E-state index < -0.39 is 0 Å². The molecule has 2 atom stereocenters. The van der Waals surface area contributed by atoms with E-state index in [4.69, 9.17) is 9.84 Å².